The van der Waals surface area contributed by atoms with Crippen molar-refractivity contribution in [2.45, 2.75) is 52.2 Å². The van der Waals surface area contributed by atoms with Crippen molar-refractivity contribution >= 4 is 44.4 Å². The molecular formula is C24H27BrN4O2. The van der Waals surface area contributed by atoms with Crippen LogP contribution in [0, 0.1) is 6.92 Å². The molecule has 1 aliphatic heterocycles. The Hall–Kier alpha value is -2.67. The monoisotopic (exact) mass is 482 g/mol. The fourth-order valence-corrected chi connectivity index (χ4v) is 4.24. The number of rotatable bonds is 3. The minimum atomic E-state index is -0.511. The summed E-state index contributed by atoms with van der Waals surface area (Å²) < 4.78 is 6.65. The van der Waals surface area contributed by atoms with E-state index < -0.39 is 5.60 Å². The third-order valence-electron chi connectivity index (χ3n) is 5.41. The number of nitrogens with one attached hydrogen (secondary N) is 1. The first-order valence-electron chi connectivity index (χ1n) is 10.5. The molecule has 1 aliphatic rings. The second-order valence-electron chi connectivity index (χ2n) is 8.87. The number of hydrogen-bond acceptors (Lipinski definition) is 5. The van der Waals surface area contributed by atoms with Crippen LogP contribution in [0.15, 0.2) is 47.2 Å². The van der Waals surface area contributed by atoms with Crippen LogP contribution in [-0.2, 0) is 4.74 Å². The Kier molecular flexibility index (Phi) is 5.88. The minimum Gasteiger partial charge on any atom is -0.444 e. The average Bonchev–Trinajstić information content (AvgIpc) is 3.20. The summed E-state index contributed by atoms with van der Waals surface area (Å²) in [5.41, 5.74) is 3.39. The van der Waals surface area contributed by atoms with Gasteiger partial charge in [0.2, 0.25) is 0 Å². The molecule has 0 saturated carbocycles. The molecule has 1 fully saturated rings. The molecule has 1 amide bonds. The second-order valence-corrected chi connectivity index (χ2v) is 9.72. The zero-order chi connectivity index (χ0) is 22.2. The highest BCUT2D eigenvalue weighted by Gasteiger charge is 2.33. The molecule has 162 valence electrons. The van der Waals surface area contributed by atoms with Crippen LogP contribution in [0.4, 0.5) is 16.3 Å². The summed E-state index contributed by atoms with van der Waals surface area (Å²) in [5.74, 6) is 0.709. The van der Waals surface area contributed by atoms with Gasteiger partial charge in [-0.05, 0) is 75.9 Å². The lowest BCUT2D eigenvalue weighted by molar-refractivity contribution is 0.0224. The van der Waals surface area contributed by atoms with Gasteiger partial charge in [0.15, 0.2) is 5.82 Å². The Balaban J connectivity index is 1.63. The van der Waals surface area contributed by atoms with E-state index in [1.165, 1.54) is 0 Å². The van der Waals surface area contributed by atoms with Crippen LogP contribution in [0.1, 0.15) is 50.8 Å². The first-order chi connectivity index (χ1) is 14.7. The average molecular weight is 483 g/mol. The molecule has 1 saturated heterocycles. The van der Waals surface area contributed by atoms with E-state index in [0.717, 1.165) is 45.0 Å². The topological polar surface area (TPSA) is 67.4 Å². The third kappa shape index (κ3) is 4.66. The number of halogens is 1. The van der Waals surface area contributed by atoms with Gasteiger partial charge in [0, 0.05) is 34.5 Å². The van der Waals surface area contributed by atoms with E-state index in [4.69, 9.17) is 9.72 Å². The molecule has 3 aromatic rings. The number of hydrogen-bond donors (Lipinski definition) is 1. The van der Waals surface area contributed by atoms with Gasteiger partial charge in [-0.3, -0.25) is 4.98 Å². The minimum absolute atomic E-state index is 0.0244. The second kappa shape index (κ2) is 8.46. The van der Waals surface area contributed by atoms with Gasteiger partial charge in [-0.2, -0.15) is 0 Å². The lowest BCUT2D eigenvalue weighted by Gasteiger charge is -2.28. The van der Waals surface area contributed by atoms with Gasteiger partial charge in [-0.25, -0.2) is 9.78 Å². The maximum absolute atomic E-state index is 12.7. The third-order valence-corrected chi connectivity index (χ3v) is 6.27. The summed E-state index contributed by atoms with van der Waals surface area (Å²) in [7, 11) is 0. The van der Waals surface area contributed by atoms with E-state index >= 15 is 0 Å². The van der Waals surface area contributed by atoms with E-state index in [-0.39, 0.29) is 12.1 Å². The fourth-order valence-electron chi connectivity index (χ4n) is 3.87. The summed E-state index contributed by atoms with van der Waals surface area (Å²) in [6.45, 7) is 8.42. The predicted octanol–water partition coefficient (Wildman–Crippen LogP) is 6.52. The molecule has 1 aromatic carbocycles. The quantitative estimate of drug-likeness (QED) is 0.460. The summed E-state index contributed by atoms with van der Waals surface area (Å²) in [5, 5.41) is 4.39. The lowest BCUT2D eigenvalue weighted by Crippen LogP contribution is -2.36. The number of fused-ring (bicyclic) bond motifs is 1. The van der Waals surface area contributed by atoms with Gasteiger partial charge in [0.05, 0.1) is 6.04 Å². The van der Waals surface area contributed by atoms with E-state index in [9.17, 15) is 4.79 Å². The predicted molar refractivity (Wildman–Crippen MR) is 127 cm³/mol. The molecule has 31 heavy (non-hydrogen) atoms. The standard InChI is InChI=1S/C24H27BrN4O2/c1-15-18(25)7-5-8-19(15)28-22-21-16(10-11-26-22)13-17(14-27-21)20-9-6-12-29(20)23(30)31-24(2,3)4/h5,7-8,10-11,13-14,20H,6,9,12H2,1-4H3,(H,26,28). The first-order valence-corrected chi connectivity index (χ1v) is 11.3. The van der Waals surface area contributed by atoms with Gasteiger partial charge in [-0.1, -0.05) is 22.0 Å². The van der Waals surface area contributed by atoms with Gasteiger partial charge in [0.25, 0.3) is 0 Å². The molecule has 1 atom stereocenters. The van der Waals surface area contributed by atoms with E-state index in [0.29, 0.717) is 12.4 Å². The number of anilines is 2. The van der Waals surface area contributed by atoms with Crippen molar-refractivity contribution in [3.05, 3.63) is 58.3 Å². The highest BCUT2D eigenvalue weighted by molar-refractivity contribution is 9.10. The van der Waals surface area contributed by atoms with Crippen molar-refractivity contribution in [3.8, 4) is 0 Å². The summed E-state index contributed by atoms with van der Waals surface area (Å²) in [6, 6.07) is 10.1. The van der Waals surface area contributed by atoms with Gasteiger partial charge >= 0.3 is 6.09 Å². The smallest absolute Gasteiger partial charge is 0.410 e. The van der Waals surface area contributed by atoms with Crippen LogP contribution in [0.3, 0.4) is 0 Å². The van der Waals surface area contributed by atoms with E-state index in [2.05, 4.69) is 39.2 Å². The van der Waals surface area contributed by atoms with Crippen molar-refractivity contribution in [2.75, 3.05) is 11.9 Å². The Morgan fingerprint density at radius 3 is 2.84 bits per heavy atom. The molecule has 4 rings (SSSR count). The molecular weight excluding hydrogens is 456 g/mol. The van der Waals surface area contributed by atoms with Crippen LogP contribution < -0.4 is 5.32 Å². The largest absolute Gasteiger partial charge is 0.444 e. The van der Waals surface area contributed by atoms with Crippen molar-refractivity contribution in [3.63, 3.8) is 0 Å². The highest BCUT2D eigenvalue weighted by Crippen LogP contribution is 2.35. The molecule has 7 heteroatoms. The van der Waals surface area contributed by atoms with Crippen LogP contribution in [0.25, 0.3) is 10.9 Å². The molecule has 0 aliphatic carbocycles. The van der Waals surface area contributed by atoms with Crippen LogP contribution in [-0.4, -0.2) is 33.1 Å². The lowest BCUT2D eigenvalue weighted by atomic mass is 10.0. The number of carbonyl (C=O) groups is 1. The number of aromatic nitrogens is 2. The molecule has 0 spiro atoms. The molecule has 0 radical (unpaired) electrons. The molecule has 1 N–H and O–H groups in total. The summed E-state index contributed by atoms with van der Waals surface area (Å²) in [6.07, 6.45) is 5.23. The Morgan fingerprint density at radius 1 is 1.26 bits per heavy atom. The van der Waals surface area contributed by atoms with E-state index in [1.807, 2.05) is 56.1 Å². The van der Waals surface area contributed by atoms with Crippen molar-refractivity contribution < 1.29 is 9.53 Å². The Bertz CT molecular complexity index is 1130. The normalized spacial score (nSPS) is 16.5. The number of amides is 1. The molecule has 0 bridgehead atoms. The van der Waals surface area contributed by atoms with Crippen LogP contribution in [0.2, 0.25) is 0 Å². The zero-order valence-electron chi connectivity index (χ0n) is 18.3. The number of benzene rings is 1. The maximum atomic E-state index is 12.7. The number of ether oxygens (including phenoxy) is 1. The summed E-state index contributed by atoms with van der Waals surface area (Å²) >= 11 is 3.57. The molecule has 6 nitrogen and oxygen atoms in total. The molecule has 1 unspecified atom stereocenters. The maximum Gasteiger partial charge on any atom is 0.410 e. The Morgan fingerprint density at radius 2 is 2.06 bits per heavy atom. The van der Waals surface area contributed by atoms with Crippen molar-refractivity contribution in [1.29, 1.82) is 0 Å². The fraction of sp³-hybridized carbons (Fsp3) is 0.375. The van der Waals surface area contributed by atoms with Gasteiger partial charge < -0.3 is 15.0 Å². The van der Waals surface area contributed by atoms with Crippen molar-refractivity contribution in [1.82, 2.24) is 14.9 Å². The zero-order valence-corrected chi connectivity index (χ0v) is 19.9. The van der Waals surface area contributed by atoms with Crippen LogP contribution in [0.5, 0.6) is 0 Å². The Labute approximate surface area is 191 Å². The first kappa shape index (κ1) is 21.6. The summed E-state index contributed by atoms with van der Waals surface area (Å²) in [4.78, 5) is 23.7. The number of pyridine rings is 2. The number of carbonyl (C=O) groups excluding carboxylic acids is 1. The van der Waals surface area contributed by atoms with Gasteiger partial charge in [-0.15, -0.1) is 0 Å². The number of nitrogens with zero attached hydrogens (tertiary/aromatic N) is 3. The van der Waals surface area contributed by atoms with E-state index in [1.54, 1.807) is 6.20 Å². The SMILES string of the molecule is Cc1c(Br)cccc1Nc1nccc2cc(C3CCCN3C(=O)OC(C)(C)C)cnc12. The molecule has 2 aromatic heterocycles. The van der Waals surface area contributed by atoms with Crippen LogP contribution >= 0.6 is 15.9 Å². The van der Waals surface area contributed by atoms with Gasteiger partial charge in [0.1, 0.15) is 11.1 Å². The molecule has 3 heterocycles. The van der Waals surface area contributed by atoms with Crippen molar-refractivity contribution in [2.24, 2.45) is 0 Å². The number of likely N-dealkylation sites (tertiary alicyclic amines) is 1. The highest BCUT2D eigenvalue weighted by atomic mass is 79.9.